The highest BCUT2D eigenvalue weighted by Crippen LogP contribution is 2.21. The van der Waals surface area contributed by atoms with Gasteiger partial charge in [-0.3, -0.25) is 19.4 Å². The molecular formula is C19H22N2O3S. The fourth-order valence-electron chi connectivity index (χ4n) is 3.06. The lowest BCUT2D eigenvalue weighted by molar-refractivity contribution is -0.139. The van der Waals surface area contributed by atoms with Crippen molar-refractivity contribution in [3.63, 3.8) is 0 Å². The molecule has 132 valence electrons. The number of ether oxygens (including phenoxy) is 1. The Bertz CT molecular complexity index is 728. The van der Waals surface area contributed by atoms with Gasteiger partial charge < -0.3 is 4.74 Å². The third kappa shape index (κ3) is 4.08. The van der Waals surface area contributed by atoms with E-state index in [9.17, 15) is 9.59 Å². The molecule has 0 N–H and O–H groups in total. The van der Waals surface area contributed by atoms with Crippen molar-refractivity contribution >= 4 is 23.2 Å². The zero-order valence-electron chi connectivity index (χ0n) is 14.5. The summed E-state index contributed by atoms with van der Waals surface area (Å²) < 4.78 is 5.14. The van der Waals surface area contributed by atoms with E-state index in [-0.39, 0.29) is 24.3 Å². The topological polar surface area (TPSA) is 49.9 Å². The molecule has 0 saturated carbocycles. The monoisotopic (exact) mass is 358 g/mol. The van der Waals surface area contributed by atoms with Gasteiger partial charge in [0.2, 0.25) is 11.8 Å². The van der Waals surface area contributed by atoms with Gasteiger partial charge in [0.05, 0.1) is 19.6 Å². The average molecular weight is 358 g/mol. The van der Waals surface area contributed by atoms with Crippen molar-refractivity contribution in [2.24, 2.45) is 0 Å². The molecule has 0 aliphatic carbocycles. The van der Waals surface area contributed by atoms with Crippen molar-refractivity contribution in [2.45, 2.75) is 25.4 Å². The van der Waals surface area contributed by atoms with Gasteiger partial charge in [-0.2, -0.15) is 11.3 Å². The summed E-state index contributed by atoms with van der Waals surface area (Å²) in [6.45, 7) is 1.10. The molecule has 6 heteroatoms. The smallest absolute Gasteiger partial charge is 0.247 e. The normalized spacial score (nSPS) is 17.6. The van der Waals surface area contributed by atoms with E-state index >= 15 is 0 Å². The van der Waals surface area contributed by atoms with E-state index in [1.165, 1.54) is 10.5 Å². The van der Waals surface area contributed by atoms with Crippen molar-refractivity contribution in [1.29, 1.82) is 0 Å². The van der Waals surface area contributed by atoms with Crippen LogP contribution in [0.1, 0.15) is 17.5 Å². The summed E-state index contributed by atoms with van der Waals surface area (Å²) >= 11 is 1.64. The van der Waals surface area contributed by atoms with Crippen LogP contribution in [0.15, 0.2) is 41.1 Å². The second-order valence-corrected chi connectivity index (χ2v) is 7.03. The van der Waals surface area contributed by atoms with Crippen molar-refractivity contribution < 1.29 is 14.3 Å². The number of methoxy groups -OCH3 is 1. The van der Waals surface area contributed by atoms with Gasteiger partial charge >= 0.3 is 0 Å². The van der Waals surface area contributed by atoms with Crippen LogP contribution in [0.2, 0.25) is 0 Å². The number of likely N-dealkylation sites (N-methyl/N-ethyl adjacent to an activating group) is 1. The van der Waals surface area contributed by atoms with Crippen LogP contribution in [0.5, 0.6) is 5.75 Å². The number of hydrogen-bond donors (Lipinski definition) is 0. The molecule has 0 radical (unpaired) electrons. The summed E-state index contributed by atoms with van der Waals surface area (Å²) in [6.07, 6.45) is 0.921. The Morgan fingerprint density at radius 3 is 2.60 bits per heavy atom. The average Bonchev–Trinajstić information content (AvgIpc) is 3.22. The lowest BCUT2D eigenvalue weighted by Gasteiger charge is -2.22. The third-order valence-electron chi connectivity index (χ3n) is 4.55. The molecule has 25 heavy (non-hydrogen) atoms. The summed E-state index contributed by atoms with van der Waals surface area (Å²) in [5.41, 5.74) is 2.25. The van der Waals surface area contributed by atoms with E-state index < -0.39 is 0 Å². The lowest BCUT2D eigenvalue weighted by Crippen LogP contribution is -2.40. The summed E-state index contributed by atoms with van der Waals surface area (Å²) in [4.78, 5) is 28.3. The number of carbonyl (C=O) groups excluding carboxylic acids is 2. The molecule has 1 saturated heterocycles. The Balaban J connectivity index is 1.58. The number of amides is 2. The van der Waals surface area contributed by atoms with Gasteiger partial charge in [-0.1, -0.05) is 12.1 Å². The van der Waals surface area contributed by atoms with Crippen LogP contribution >= 0.6 is 11.3 Å². The number of nitrogens with zero attached hydrogens (tertiary/aromatic N) is 2. The molecule has 0 bridgehead atoms. The van der Waals surface area contributed by atoms with Gasteiger partial charge in [-0.15, -0.1) is 0 Å². The highest BCUT2D eigenvalue weighted by molar-refractivity contribution is 7.07. The Morgan fingerprint density at radius 1 is 1.20 bits per heavy atom. The fourth-order valence-corrected chi connectivity index (χ4v) is 3.72. The number of benzene rings is 1. The minimum Gasteiger partial charge on any atom is -0.497 e. The Kier molecular flexibility index (Phi) is 5.50. The van der Waals surface area contributed by atoms with Gasteiger partial charge in [0, 0.05) is 13.1 Å². The van der Waals surface area contributed by atoms with E-state index in [1.807, 2.05) is 47.7 Å². The quantitative estimate of drug-likeness (QED) is 0.714. The maximum Gasteiger partial charge on any atom is 0.247 e. The predicted molar refractivity (Wildman–Crippen MR) is 97.6 cm³/mol. The van der Waals surface area contributed by atoms with Crippen LogP contribution in [-0.4, -0.2) is 48.4 Å². The zero-order chi connectivity index (χ0) is 17.8. The Morgan fingerprint density at radius 2 is 1.96 bits per heavy atom. The highest BCUT2D eigenvalue weighted by Gasteiger charge is 2.40. The van der Waals surface area contributed by atoms with Crippen molar-refractivity contribution in [3.8, 4) is 5.75 Å². The van der Waals surface area contributed by atoms with Crippen LogP contribution < -0.4 is 4.74 Å². The third-order valence-corrected chi connectivity index (χ3v) is 5.28. The Labute approximate surface area is 151 Å². The van der Waals surface area contributed by atoms with Gasteiger partial charge in [0.15, 0.2) is 0 Å². The molecule has 1 aromatic heterocycles. The second kappa shape index (κ2) is 7.80. The summed E-state index contributed by atoms with van der Waals surface area (Å²) in [5, 5.41) is 4.09. The molecule has 3 rings (SSSR count). The zero-order valence-corrected chi connectivity index (χ0v) is 15.3. The molecule has 2 heterocycles. The number of imide groups is 1. The number of thiophene rings is 1. The fraction of sp³-hybridized carbons (Fsp3) is 0.368. The minimum atomic E-state index is -0.358. The maximum atomic E-state index is 12.7. The van der Waals surface area contributed by atoms with Gasteiger partial charge in [-0.05, 0) is 53.6 Å². The largest absolute Gasteiger partial charge is 0.497 e. The number of carbonyl (C=O) groups is 2. The van der Waals surface area contributed by atoms with Crippen molar-refractivity contribution in [3.05, 3.63) is 52.2 Å². The van der Waals surface area contributed by atoms with Crippen LogP contribution in [-0.2, 0) is 22.6 Å². The lowest BCUT2D eigenvalue weighted by atomic mass is 10.1. The first kappa shape index (κ1) is 17.6. The molecule has 1 aliphatic heterocycles. The van der Waals surface area contributed by atoms with E-state index in [4.69, 9.17) is 4.74 Å². The molecule has 2 aromatic rings. The standard InChI is InChI=1S/C19H22N2O3S/c1-20(12-15-8-10-25-13-15)17-11-18(22)21(19(17)23)9-7-14-3-5-16(24-2)6-4-14/h3-6,8,10,13,17H,7,9,11-12H2,1-2H3. The second-order valence-electron chi connectivity index (χ2n) is 6.25. The Hall–Kier alpha value is -2.18. The number of hydrogen-bond acceptors (Lipinski definition) is 5. The van der Waals surface area contributed by atoms with Crippen molar-refractivity contribution in [1.82, 2.24) is 9.80 Å². The van der Waals surface area contributed by atoms with E-state index in [0.29, 0.717) is 19.5 Å². The van der Waals surface area contributed by atoms with Gasteiger partial charge in [0.25, 0.3) is 0 Å². The van der Waals surface area contributed by atoms with Crippen LogP contribution in [0.4, 0.5) is 0 Å². The first-order chi connectivity index (χ1) is 12.1. The molecular weight excluding hydrogens is 336 g/mol. The maximum absolute atomic E-state index is 12.7. The van der Waals surface area contributed by atoms with Crippen molar-refractivity contribution in [2.75, 3.05) is 20.7 Å². The number of likely N-dealkylation sites (tertiary alicyclic amines) is 1. The van der Waals surface area contributed by atoms with E-state index in [1.54, 1.807) is 18.4 Å². The predicted octanol–water partition coefficient (Wildman–Crippen LogP) is 2.56. The van der Waals surface area contributed by atoms with Crippen LogP contribution in [0.25, 0.3) is 0 Å². The first-order valence-electron chi connectivity index (χ1n) is 8.27. The molecule has 0 spiro atoms. The van der Waals surface area contributed by atoms with Crippen LogP contribution in [0, 0.1) is 0 Å². The van der Waals surface area contributed by atoms with Gasteiger partial charge in [-0.25, -0.2) is 0 Å². The minimum absolute atomic E-state index is 0.0827. The molecule has 2 amide bonds. The summed E-state index contributed by atoms with van der Waals surface area (Å²) in [6, 6.07) is 9.39. The first-order valence-corrected chi connectivity index (χ1v) is 9.21. The molecule has 1 unspecified atom stereocenters. The SMILES string of the molecule is COc1ccc(CCN2C(=O)CC(N(C)Cc3ccsc3)C2=O)cc1. The molecule has 1 aliphatic rings. The van der Waals surface area contributed by atoms with Gasteiger partial charge in [0.1, 0.15) is 5.75 Å². The summed E-state index contributed by atoms with van der Waals surface area (Å²) in [5.74, 6) is 0.629. The number of rotatable bonds is 7. The highest BCUT2D eigenvalue weighted by atomic mass is 32.1. The molecule has 1 aromatic carbocycles. The van der Waals surface area contributed by atoms with E-state index in [2.05, 4.69) is 5.38 Å². The molecule has 1 fully saturated rings. The van der Waals surface area contributed by atoms with Crippen LogP contribution in [0.3, 0.4) is 0 Å². The summed E-state index contributed by atoms with van der Waals surface area (Å²) in [7, 11) is 3.53. The molecule has 1 atom stereocenters. The van der Waals surface area contributed by atoms with E-state index in [0.717, 1.165) is 11.3 Å². The molecule has 5 nitrogen and oxygen atoms in total.